The van der Waals surface area contributed by atoms with Crippen molar-refractivity contribution in [1.82, 2.24) is 31.9 Å². The maximum atomic E-state index is 13.7. The Bertz CT molecular complexity index is 2140. The van der Waals surface area contributed by atoms with E-state index in [-0.39, 0.29) is 10.7 Å². The summed E-state index contributed by atoms with van der Waals surface area (Å²) >= 11 is 0.758. The van der Waals surface area contributed by atoms with Gasteiger partial charge in [-0.3, -0.25) is 52.7 Å². The number of rotatable bonds is 28. The topological polar surface area (TPSA) is 359 Å². The highest BCUT2D eigenvalue weighted by Gasteiger charge is 2.34. The van der Waals surface area contributed by atoms with Gasteiger partial charge in [0, 0.05) is 36.6 Å². The fraction of sp³-hybridized carbons (Fsp3) is 0.455. The van der Waals surface area contributed by atoms with E-state index in [1.807, 2.05) is 0 Å². The second kappa shape index (κ2) is 28.0. The average molecular weight is 955 g/mol. The molecule has 2 aromatic carbocycles. The van der Waals surface area contributed by atoms with Crippen molar-refractivity contribution in [2.24, 2.45) is 22.0 Å². The van der Waals surface area contributed by atoms with Crippen molar-refractivity contribution in [2.75, 3.05) is 0 Å². The Balaban J connectivity index is 2.17. The summed E-state index contributed by atoms with van der Waals surface area (Å²) in [4.78, 5) is 139. The first-order valence-corrected chi connectivity index (χ1v) is 22.0. The van der Waals surface area contributed by atoms with Crippen LogP contribution in [-0.2, 0) is 43.2 Å². The number of aliphatic carboxylic acids is 3. The number of primary amides is 1. The van der Waals surface area contributed by atoms with E-state index in [0.717, 1.165) is 11.9 Å². The zero-order chi connectivity index (χ0) is 50.4. The van der Waals surface area contributed by atoms with Gasteiger partial charge in [-0.05, 0) is 55.7 Å². The Hall–Kier alpha value is -7.17. The molecule has 2 rings (SSSR count). The van der Waals surface area contributed by atoms with Crippen LogP contribution in [0.5, 0.6) is 0 Å². The highest BCUT2D eigenvalue weighted by Crippen LogP contribution is 2.15. The Kier molecular flexibility index (Phi) is 23.4. The second-order valence-corrected chi connectivity index (χ2v) is 16.5. The van der Waals surface area contributed by atoms with Gasteiger partial charge >= 0.3 is 17.9 Å². The van der Waals surface area contributed by atoms with E-state index in [1.54, 1.807) is 70.2 Å². The van der Waals surface area contributed by atoms with Gasteiger partial charge in [-0.25, -0.2) is 4.40 Å². The van der Waals surface area contributed by atoms with Crippen molar-refractivity contribution in [3.8, 4) is 0 Å². The van der Waals surface area contributed by atoms with Crippen LogP contribution in [0.3, 0.4) is 0 Å². The summed E-state index contributed by atoms with van der Waals surface area (Å²) in [5.41, 5.74) is 6.59. The molecule has 7 atom stereocenters. The average Bonchev–Trinajstić information content (AvgIpc) is 3.27. The fourth-order valence-electron chi connectivity index (χ4n) is 6.02. The molecule has 0 spiro atoms. The van der Waals surface area contributed by atoms with E-state index >= 15 is 0 Å². The van der Waals surface area contributed by atoms with Crippen LogP contribution in [0.25, 0.3) is 0 Å². The van der Waals surface area contributed by atoms with E-state index in [4.69, 9.17) is 10.8 Å². The van der Waals surface area contributed by atoms with Gasteiger partial charge < -0.3 is 53.0 Å². The van der Waals surface area contributed by atoms with E-state index in [9.17, 15) is 63.0 Å². The van der Waals surface area contributed by atoms with Crippen molar-refractivity contribution >= 4 is 82.5 Å². The molecule has 364 valence electrons. The summed E-state index contributed by atoms with van der Waals surface area (Å²) in [6.07, 6.45) is -1.52. The minimum absolute atomic E-state index is 0.210. The Morgan fingerprint density at radius 2 is 1.06 bits per heavy atom. The number of carbonyl (C=O) groups is 11. The normalized spacial score (nSPS) is 14.2. The molecular formula is C44H58N8O14S. The third-order valence-electron chi connectivity index (χ3n) is 10.2. The number of amides is 7. The van der Waals surface area contributed by atoms with Crippen molar-refractivity contribution in [3.05, 3.63) is 71.3 Å². The molecule has 0 aliphatic rings. The number of nitrogens with one attached hydrogen (secondary N) is 6. The van der Waals surface area contributed by atoms with Crippen LogP contribution in [0.4, 0.5) is 0 Å². The van der Waals surface area contributed by atoms with E-state index in [1.165, 1.54) is 25.3 Å². The molecule has 22 nitrogen and oxygen atoms in total. The molecule has 0 bridgehead atoms. The summed E-state index contributed by atoms with van der Waals surface area (Å²) in [5.74, 6) is -11.6. The molecule has 0 unspecified atom stereocenters. The summed E-state index contributed by atoms with van der Waals surface area (Å²) in [6, 6.07) is 6.20. The van der Waals surface area contributed by atoms with Crippen molar-refractivity contribution < 1.29 is 68.1 Å². The maximum Gasteiger partial charge on any atom is 0.303 e. The number of carbonyl (C=O) groups excluding carboxylic acids is 8. The molecule has 2 aromatic rings. The lowest BCUT2D eigenvalue weighted by molar-refractivity contribution is -0.140. The van der Waals surface area contributed by atoms with Crippen molar-refractivity contribution in [2.45, 2.75) is 116 Å². The van der Waals surface area contributed by atoms with Gasteiger partial charge in [-0.1, -0.05) is 76.6 Å². The predicted octanol–water partition coefficient (Wildman–Crippen LogP) is 0.918. The Morgan fingerprint density at radius 3 is 1.54 bits per heavy atom. The molecule has 0 saturated carbocycles. The van der Waals surface area contributed by atoms with Gasteiger partial charge in [-0.15, -0.1) is 0 Å². The quantitative estimate of drug-likeness (QED) is 0.0419. The van der Waals surface area contributed by atoms with E-state index in [0.29, 0.717) is 17.5 Å². The third-order valence-corrected chi connectivity index (χ3v) is 10.8. The monoisotopic (exact) mass is 954 g/mol. The van der Waals surface area contributed by atoms with Gasteiger partial charge in [0.05, 0.1) is 11.9 Å². The SMILES string of the molecule is CC[C@H](C)[C@H](NC(=O)c1ccc(/C=N/SC(=O)c2ccccc2)cc1)C(=O)N[C@@H](C)C(=O)N[C@H](C(=O)N[C@@H](CCC(=O)O)C(=O)N[C@@H](CCC(=O)O)C(=O)N[C@@H](CCC(=O)O)C(N)=O)C(C)C. The summed E-state index contributed by atoms with van der Waals surface area (Å²) in [7, 11) is 0. The smallest absolute Gasteiger partial charge is 0.303 e. The standard InChI is InChI=1S/C44H58N8O14S/c1-6-24(4)36(52-39(61)27-14-12-26(13-15-27)22-46-67-44(66)28-10-8-7-9-11-28)43(65)47-25(5)38(60)51-35(23(2)3)42(64)50-31(18-21-34(57)58)41(63)49-30(17-20-33(55)56)40(62)48-29(37(45)59)16-19-32(53)54/h7-15,22-25,29-31,35-36H,6,16-21H2,1-5H3,(H2,45,59)(H,47,65)(H,48,62)(H,49,63)(H,50,64)(H,51,60)(H,52,61)(H,53,54)(H,55,56)(H,57,58)/b46-22+/t24-,25-,29-,30-,31-,35-,36-/m0/s1. The van der Waals surface area contributed by atoms with Gasteiger partial charge in [0.1, 0.15) is 36.3 Å². The Morgan fingerprint density at radius 1 is 0.582 bits per heavy atom. The molecule has 0 aromatic heterocycles. The van der Waals surface area contributed by atoms with Crippen LogP contribution < -0.4 is 37.6 Å². The van der Waals surface area contributed by atoms with Crippen LogP contribution >= 0.6 is 11.9 Å². The highest BCUT2D eigenvalue weighted by atomic mass is 32.2. The zero-order valence-corrected chi connectivity index (χ0v) is 38.4. The molecule has 0 fully saturated rings. The molecule has 0 aliphatic carbocycles. The predicted molar refractivity (Wildman–Crippen MR) is 243 cm³/mol. The van der Waals surface area contributed by atoms with Crippen LogP contribution in [0, 0.1) is 11.8 Å². The van der Waals surface area contributed by atoms with Crippen molar-refractivity contribution in [1.29, 1.82) is 0 Å². The number of hydrogen-bond donors (Lipinski definition) is 10. The lowest BCUT2D eigenvalue weighted by Crippen LogP contribution is -2.60. The summed E-state index contributed by atoms with van der Waals surface area (Å²) < 4.78 is 4.10. The van der Waals surface area contributed by atoms with Gasteiger partial charge in [0.25, 0.3) is 5.91 Å². The first-order valence-electron chi connectivity index (χ1n) is 21.2. The minimum Gasteiger partial charge on any atom is -0.481 e. The molecule has 0 radical (unpaired) electrons. The van der Waals surface area contributed by atoms with Crippen molar-refractivity contribution in [3.63, 3.8) is 0 Å². The molecule has 11 N–H and O–H groups in total. The molecule has 0 heterocycles. The van der Waals surface area contributed by atoms with Crippen LogP contribution in [-0.4, -0.2) is 122 Å². The molecular weight excluding hydrogens is 897 g/mol. The number of carboxylic acids is 3. The number of nitrogens with two attached hydrogens (primary N) is 1. The zero-order valence-electron chi connectivity index (χ0n) is 37.6. The Labute approximate surface area is 390 Å². The van der Waals surface area contributed by atoms with Gasteiger partial charge in [0.2, 0.25) is 40.6 Å². The molecule has 0 saturated heterocycles. The van der Waals surface area contributed by atoms with E-state index < -0.39 is 146 Å². The lowest BCUT2D eigenvalue weighted by Gasteiger charge is -2.28. The molecule has 67 heavy (non-hydrogen) atoms. The minimum atomic E-state index is -1.68. The molecule has 23 heteroatoms. The fourth-order valence-corrected chi connectivity index (χ4v) is 6.54. The molecule has 0 aliphatic heterocycles. The summed E-state index contributed by atoms with van der Waals surface area (Å²) in [6.45, 7) is 7.95. The number of nitrogens with zero attached hydrogens (tertiary/aromatic N) is 1. The highest BCUT2D eigenvalue weighted by molar-refractivity contribution is 8.13. The van der Waals surface area contributed by atoms with Crippen LogP contribution in [0.2, 0.25) is 0 Å². The number of hydrogen-bond acceptors (Lipinski definition) is 13. The number of benzene rings is 2. The van der Waals surface area contributed by atoms with Crippen LogP contribution in [0.15, 0.2) is 59.0 Å². The second-order valence-electron chi connectivity index (χ2n) is 15.8. The van der Waals surface area contributed by atoms with Crippen LogP contribution in [0.1, 0.15) is 106 Å². The van der Waals surface area contributed by atoms with Gasteiger partial charge in [0.15, 0.2) is 0 Å². The lowest BCUT2D eigenvalue weighted by atomic mass is 9.97. The first-order chi connectivity index (χ1) is 31.5. The largest absolute Gasteiger partial charge is 0.481 e. The summed E-state index contributed by atoms with van der Waals surface area (Å²) in [5, 5.41) is 41.9. The third kappa shape index (κ3) is 19.9. The van der Waals surface area contributed by atoms with E-state index in [2.05, 4.69) is 36.3 Å². The first kappa shape index (κ1) is 56.0. The van der Waals surface area contributed by atoms with Gasteiger partial charge in [-0.2, -0.15) is 0 Å². The molecule has 7 amide bonds. The number of carboxylic acid groups (broad SMARTS) is 3. The maximum absolute atomic E-state index is 13.7.